The van der Waals surface area contributed by atoms with Gasteiger partial charge in [-0.2, -0.15) is 65.9 Å². The Morgan fingerprint density at radius 1 is 0.606 bits per heavy atom. The summed E-state index contributed by atoms with van der Waals surface area (Å²) < 4.78 is 202. The van der Waals surface area contributed by atoms with Crippen LogP contribution in [0, 0.1) is 2.88 Å². The fraction of sp³-hybridized carbons (Fsp3) is 0.467. The van der Waals surface area contributed by atoms with Crippen LogP contribution in [-0.2, 0) is 11.8 Å². The summed E-state index contributed by atoms with van der Waals surface area (Å²) >= 11 is 1.47. The van der Waals surface area contributed by atoms with E-state index in [1.165, 1.54) is 0 Å². The third-order valence-corrected chi connectivity index (χ3v) is 7.82. The smallest absolute Gasteiger partial charge is 0.196 e. The number of alkyl halides is 15. The van der Waals surface area contributed by atoms with E-state index in [2.05, 4.69) is 0 Å². The average molecular weight is 658 g/mol. The first-order valence-corrected chi connectivity index (χ1v) is 10.5. The molecule has 0 aromatic carbocycles. The lowest BCUT2D eigenvalue weighted by molar-refractivity contribution is -0.441. The summed E-state index contributed by atoms with van der Waals surface area (Å²) in [5.74, 6) is -42.1. The SMILES string of the molecule is FC1(F)c2cc(I)sc2-c2sc(C(F)(F)C(F)(F)C(F)(F)C(F)(F)C(F)(F)C(F)(F)F)cc21. The molecule has 0 spiro atoms. The molecule has 0 N–H and O–H groups in total. The van der Waals surface area contributed by atoms with Crippen molar-refractivity contribution in [2.75, 3.05) is 0 Å². The van der Waals surface area contributed by atoms with Gasteiger partial charge in [0.1, 0.15) is 0 Å². The van der Waals surface area contributed by atoms with E-state index < -0.39 is 84.9 Å². The largest absolute Gasteiger partial charge is 0.460 e. The summed E-state index contributed by atoms with van der Waals surface area (Å²) in [6, 6.07) is 0.511. The second-order valence-corrected chi connectivity index (χ2v) is 10.6. The molecule has 0 radical (unpaired) electrons. The van der Waals surface area contributed by atoms with Gasteiger partial charge in [-0.25, -0.2) is 0 Å². The first-order chi connectivity index (χ1) is 14.5. The van der Waals surface area contributed by atoms with Gasteiger partial charge in [0.05, 0.1) is 17.5 Å². The maximum atomic E-state index is 14.4. The number of rotatable bonds is 5. The monoisotopic (exact) mass is 658 g/mol. The van der Waals surface area contributed by atoms with Crippen molar-refractivity contribution in [2.24, 2.45) is 0 Å². The van der Waals surface area contributed by atoms with Crippen molar-refractivity contribution in [1.29, 1.82) is 0 Å². The quantitative estimate of drug-likeness (QED) is 0.223. The Bertz CT molecular complexity index is 1090. The van der Waals surface area contributed by atoms with Crippen molar-refractivity contribution in [3.05, 3.63) is 31.0 Å². The summed E-state index contributed by atoms with van der Waals surface area (Å²) in [4.78, 5) is -3.59. The third-order valence-electron chi connectivity index (χ3n) is 4.56. The molecule has 2 heterocycles. The predicted molar refractivity (Wildman–Crippen MR) is 93.1 cm³/mol. The van der Waals surface area contributed by atoms with Gasteiger partial charge >= 0.3 is 41.7 Å². The summed E-state index contributed by atoms with van der Waals surface area (Å²) in [6.07, 6.45) is -7.52. The number of thiophene rings is 2. The zero-order chi connectivity index (χ0) is 25.8. The van der Waals surface area contributed by atoms with Crippen LogP contribution in [-0.4, -0.2) is 29.9 Å². The normalized spacial score (nSPS) is 17.3. The van der Waals surface area contributed by atoms with Crippen LogP contribution in [0.2, 0.25) is 0 Å². The number of fused-ring (bicyclic) bond motifs is 3. The van der Waals surface area contributed by atoms with E-state index in [4.69, 9.17) is 0 Å². The van der Waals surface area contributed by atoms with Crippen molar-refractivity contribution in [2.45, 2.75) is 41.7 Å². The van der Waals surface area contributed by atoms with Gasteiger partial charge in [-0.15, -0.1) is 22.7 Å². The van der Waals surface area contributed by atoms with Crippen molar-refractivity contribution < 1.29 is 65.9 Å². The number of hydrogen-bond acceptors (Lipinski definition) is 2. The Morgan fingerprint density at radius 2 is 1.03 bits per heavy atom. The molecule has 0 bridgehead atoms. The molecule has 0 nitrogen and oxygen atoms in total. The van der Waals surface area contributed by atoms with Gasteiger partial charge in [-0.3, -0.25) is 0 Å². The van der Waals surface area contributed by atoms with Crippen molar-refractivity contribution in [1.82, 2.24) is 0 Å². The average Bonchev–Trinajstić information content (AvgIpc) is 3.28. The lowest BCUT2D eigenvalue weighted by Crippen LogP contribution is -2.69. The highest BCUT2D eigenvalue weighted by molar-refractivity contribution is 14.1. The van der Waals surface area contributed by atoms with Gasteiger partial charge in [-0.05, 0) is 34.7 Å². The van der Waals surface area contributed by atoms with Gasteiger partial charge in [0.25, 0.3) is 0 Å². The second kappa shape index (κ2) is 7.07. The molecular weight excluding hydrogens is 656 g/mol. The standard InChI is InChI=1S/C15H2F15IS2/c16-9(17)3-1-5(32-7(3)8-4(9)2-6(31)33-8)10(18,19)11(20,21)12(22,23)13(24,25)14(26,27)15(28,29)30/h1-2H. The highest BCUT2D eigenvalue weighted by atomic mass is 127. The highest BCUT2D eigenvalue weighted by Gasteiger charge is 2.91. The third kappa shape index (κ3) is 3.24. The van der Waals surface area contributed by atoms with Gasteiger partial charge < -0.3 is 0 Å². The molecule has 186 valence electrons. The van der Waals surface area contributed by atoms with Crippen LogP contribution in [0.5, 0.6) is 0 Å². The van der Waals surface area contributed by atoms with Crippen LogP contribution >= 0.6 is 45.3 Å². The van der Waals surface area contributed by atoms with E-state index in [0.29, 0.717) is 11.3 Å². The first kappa shape index (κ1) is 26.7. The van der Waals surface area contributed by atoms with Gasteiger partial charge in [0.15, 0.2) is 0 Å². The van der Waals surface area contributed by atoms with E-state index in [0.717, 1.165) is 6.07 Å². The Balaban J connectivity index is 2.14. The van der Waals surface area contributed by atoms with Gasteiger partial charge in [0.2, 0.25) is 0 Å². The Labute approximate surface area is 193 Å². The van der Waals surface area contributed by atoms with E-state index in [1.54, 1.807) is 22.6 Å². The van der Waals surface area contributed by atoms with Crippen LogP contribution in [0.15, 0.2) is 12.1 Å². The lowest BCUT2D eigenvalue weighted by atomic mass is 9.93. The molecule has 1 aliphatic carbocycles. The summed E-state index contributed by atoms with van der Waals surface area (Å²) in [5.41, 5.74) is -2.10. The Kier molecular flexibility index (Phi) is 5.71. The maximum Gasteiger partial charge on any atom is 0.460 e. The Hall–Kier alpha value is -0.920. The maximum absolute atomic E-state index is 14.4. The molecule has 0 aliphatic heterocycles. The molecule has 2 aromatic rings. The predicted octanol–water partition coefficient (Wildman–Crippen LogP) is 8.73. The van der Waals surface area contributed by atoms with Crippen molar-refractivity contribution in [3.63, 3.8) is 0 Å². The van der Waals surface area contributed by atoms with E-state index in [-0.39, 0.29) is 2.88 Å². The van der Waals surface area contributed by atoms with Crippen LogP contribution < -0.4 is 0 Å². The van der Waals surface area contributed by atoms with Crippen LogP contribution in [0.25, 0.3) is 9.75 Å². The number of halogens is 16. The minimum Gasteiger partial charge on any atom is -0.196 e. The Morgan fingerprint density at radius 3 is 1.52 bits per heavy atom. The highest BCUT2D eigenvalue weighted by Crippen LogP contribution is 2.65. The molecule has 18 heteroatoms. The molecular formula is C15H2F15IS2. The lowest BCUT2D eigenvalue weighted by Gasteiger charge is -2.39. The minimum atomic E-state index is -8.05. The van der Waals surface area contributed by atoms with Crippen molar-refractivity contribution >= 4 is 45.3 Å². The molecule has 0 atom stereocenters. The van der Waals surface area contributed by atoms with E-state index in [9.17, 15) is 65.9 Å². The zero-order valence-corrected chi connectivity index (χ0v) is 18.3. The molecule has 2 aromatic heterocycles. The second-order valence-electron chi connectivity index (χ2n) is 6.59. The number of hydrogen-bond donors (Lipinski definition) is 0. The molecule has 0 unspecified atom stereocenters. The fourth-order valence-corrected chi connectivity index (χ4v) is 6.03. The summed E-state index contributed by atoms with van der Waals surface area (Å²) in [5, 5.41) is 0. The van der Waals surface area contributed by atoms with E-state index >= 15 is 0 Å². The molecule has 0 saturated carbocycles. The molecule has 0 amide bonds. The molecule has 0 fully saturated rings. The molecule has 0 saturated heterocycles. The molecule has 1 aliphatic rings. The molecule has 33 heavy (non-hydrogen) atoms. The zero-order valence-electron chi connectivity index (χ0n) is 14.5. The summed E-state index contributed by atoms with van der Waals surface area (Å²) in [6.45, 7) is 0. The van der Waals surface area contributed by atoms with Crippen LogP contribution in [0.3, 0.4) is 0 Å². The van der Waals surface area contributed by atoms with Gasteiger partial charge in [-0.1, -0.05) is 0 Å². The van der Waals surface area contributed by atoms with Crippen LogP contribution in [0.1, 0.15) is 16.0 Å². The van der Waals surface area contributed by atoms with Gasteiger partial charge in [0, 0.05) is 11.1 Å². The van der Waals surface area contributed by atoms with E-state index in [1.807, 2.05) is 0 Å². The summed E-state index contributed by atoms with van der Waals surface area (Å²) in [7, 11) is 0. The first-order valence-electron chi connectivity index (χ1n) is 7.74. The minimum absolute atomic E-state index is 0.176. The topological polar surface area (TPSA) is 0 Å². The fourth-order valence-electron chi connectivity index (χ4n) is 2.78. The van der Waals surface area contributed by atoms with Crippen LogP contribution in [0.4, 0.5) is 65.9 Å². The molecule has 3 rings (SSSR count). The van der Waals surface area contributed by atoms with Crippen molar-refractivity contribution in [3.8, 4) is 9.75 Å².